The summed E-state index contributed by atoms with van der Waals surface area (Å²) in [5, 5.41) is 0. The Kier molecular flexibility index (Phi) is 5.65. The molecule has 1 fully saturated rings. The van der Waals surface area contributed by atoms with Crippen molar-refractivity contribution in [1.29, 1.82) is 0 Å². The number of hydrogen-bond donors (Lipinski definition) is 1. The van der Waals surface area contributed by atoms with Crippen LogP contribution in [-0.2, 0) is 19.5 Å². The zero-order valence-electron chi connectivity index (χ0n) is 17.3. The number of sulfonamides is 1. The van der Waals surface area contributed by atoms with Crippen molar-refractivity contribution in [3.05, 3.63) is 42.0 Å². The highest BCUT2D eigenvalue weighted by molar-refractivity contribution is 7.89. The first kappa shape index (κ1) is 21.3. The summed E-state index contributed by atoms with van der Waals surface area (Å²) in [5.74, 6) is 2.26. The normalized spacial score (nSPS) is 29.1. The average molecular weight is 420 g/mol. The monoisotopic (exact) mass is 419 g/mol. The molecule has 0 bridgehead atoms. The Hall–Kier alpha value is -1.43. The zero-order valence-corrected chi connectivity index (χ0v) is 19.1. The molecule has 1 N–H and O–H groups in total. The molecule has 1 aliphatic heterocycles. The van der Waals surface area contributed by atoms with E-state index in [9.17, 15) is 8.42 Å². The summed E-state index contributed by atoms with van der Waals surface area (Å²) in [6, 6.07) is 6.29. The fourth-order valence-corrected chi connectivity index (χ4v) is 5.21. The van der Waals surface area contributed by atoms with Crippen LogP contribution in [0.1, 0.15) is 19.4 Å². The number of hydrogen-bond acceptors (Lipinski definition) is 4. The van der Waals surface area contributed by atoms with Gasteiger partial charge in [-0.1, -0.05) is 49.5 Å². The third kappa shape index (κ3) is 4.94. The van der Waals surface area contributed by atoms with E-state index in [1.54, 1.807) is 24.3 Å². The van der Waals surface area contributed by atoms with Crippen LogP contribution in [0.4, 0.5) is 0 Å². The average Bonchev–Trinajstić information content (AvgIpc) is 2.88. The second-order valence-electron chi connectivity index (χ2n) is 8.95. The summed E-state index contributed by atoms with van der Waals surface area (Å²) < 4.78 is 40.9. The smallest absolute Gasteiger partial charge is 0.240 e. The number of rotatable bonds is 3. The lowest BCUT2D eigenvalue weighted by Gasteiger charge is -2.32. The van der Waals surface area contributed by atoms with Gasteiger partial charge in [-0.15, -0.1) is 11.5 Å². The van der Waals surface area contributed by atoms with Crippen molar-refractivity contribution in [2.75, 3.05) is 0 Å². The zero-order chi connectivity index (χ0) is 20.7. The molecule has 0 aromatic heterocycles. The lowest BCUT2D eigenvalue weighted by molar-refractivity contribution is -0.145. The molecule has 5 nitrogen and oxygen atoms in total. The van der Waals surface area contributed by atoms with Gasteiger partial charge in [-0.25, -0.2) is 13.1 Å². The van der Waals surface area contributed by atoms with Crippen molar-refractivity contribution >= 4 is 18.1 Å². The molecule has 152 valence electrons. The molecule has 1 heterocycles. The van der Waals surface area contributed by atoms with E-state index in [1.165, 1.54) is 0 Å². The van der Waals surface area contributed by atoms with Crippen LogP contribution >= 0.6 is 0 Å². The van der Waals surface area contributed by atoms with Gasteiger partial charge in [-0.3, -0.25) is 0 Å². The van der Waals surface area contributed by atoms with E-state index in [2.05, 4.69) is 35.8 Å². The van der Waals surface area contributed by atoms with Crippen LogP contribution in [0.3, 0.4) is 0 Å². The predicted molar refractivity (Wildman–Crippen MR) is 113 cm³/mol. The molecule has 3 rings (SSSR count). The number of nitrogens with one attached hydrogen (secondary N) is 1. The second kappa shape index (κ2) is 7.43. The fraction of sp³-hybridized carbons (Fsp3) is 0.524. The minimum atomic E-state index is -3.72. The van der Waals surface area contributed by atoms with Crippen LogP contribution in [0.5, 0.6) is 0 Å². The Balaban J connectivity index is 1.95. The van der Waals surface area contributed by atoms with Crippen LogP contribution in [0.15, 0.2) is 41.3 Å². The quantitative estimate of drug-likeness (QED) is 0.464. The summed E-state index contributed by atoms with van der Waals surface area (Å²) in [6.45, 7) is 12.1. The summed E-state index contributed by atoms with van der Waals surface area (Å²) in [7, 11) is -5.32. The molecular weight excluding hydrogens is 390 g/mol. The minimum Gasteiger partial charge on any atom is -0.342 e. The Morgan fingerprint density at radius 2 is 1.71 bits per heavy atom. The summed E-state index contributed by atoms with van der Waals surface area (Å²) >= 11 is 0. The third-order valence-electron chi connectivity index (χ3n) is 4.65. The lowest BCUT2D eigenvalue weighted by Crippen LogP contribution is -2.52. The minimum absolute atomic E-state index is 0.235. The summed E-state index contributed by atoms with van der Waals surface area (Å²) in [6.07, 6.45) is 3.16. The Morgan fingerprint density at radius 3 is 2.32 bits per heavy atom. The molecule has 0 spiro atoms. The van der Waals surface area contributed by atoms with Crippen LogP contribution in [0.2, 0.25) is 19.6 Å². The topological polar surface area (TPSA) is 64.6 Å². The SMILES string of the molecule is Cc1ccc(S(=O)(=O)N[C@H]2[C@@H]3OC(C)(C)O[C@@H]3C=C[C@@H]2C#C[Si](C)(C)C)cc1. The van der Waals surface area contributed by atoms with Gasteiger partial charge in [-0.2, -0.15) is 0 Å². The van der Waals surface area contributed by atoms with E-state index in [0.717, 1.165) is 5.56 Å². The molecule has 0 saturated carbocycles. The second-order valence-corrected chi connectivity index (χ2v) is 15.4. The van der Waals surface area contributed by atoms with Gasteiger partial charge in [0.15, 0.2) is 5.79 Å². The standard InChI is InChI=1S/C21H29NO4SSi/c1-15-7-10-17(11-8-15)27(23,24)22-19-16(13-14-28(4,5)6)9-12-18-20(19)26-21(2,3)25-18/h7-12,16,18-20,22H,1-6H3/t16-,18-,19-,20-/m1/s1. The van der Waals surface area contributed by atoms with E-state index in [0.29, 0.717) is 0 Å². The maximum absolute atomic E-state index is 13.0. The highest BCUT2D eigenvalue weighted by Gasteiger charge is 2.49. The first-order valence-electron chi connectivity index (χ1n) is 9.52. The maximum Gasteiger partial charge on any atom is 0.240 e. The van der Waals surface area contributed by atoms with Crippen molar-refractivity contribution in [1.82, 2.24) is 4.72 Å². The Morgan fingerprint density at radius 1 is 1.07 bits per heavy atom. The molecule has 0 unspecified atom stereocenters. The van der Waals surface area contributed by atoms with E-state index in [-0.39, 0.29) is 16.9 Å². The predicted octanol–water partition coefficient (Wildman–Crippen LogP) is 3.23. The molecule has 0 amide bonds. The summed E-state index contributed by atoms with van der Waals surface area (Å²) in [5.41, 5.74) is 4.37. The van der Waals surface area contributed by atoms with E-state index < -0.39 is 36.0 Å². The fourth-order valence-electron chi connectivity index (χ4n) is 3.34. The lowest BCUT2D eigenvalue weighted by atomic mass is 9.87. The van der Waals surface area contributed by atoms with Crippen LogP contribution in [0, 0.1) is 24.3 Å². The van der Waals surface area contributed by atoms with Crippen molar-refractivity contribution in [3.63, 3.8) is 0 Å². The molecule has 1 aliphatic carbocycles. The first-order valence-corrected chi connectivity index (χ1v) is 14.5. The van der Waals surface area contributed by atoms with E-state index in [4.69, 9.17) is 9.47 Å². The molecule has 4 atom stereocenters. The van der Waals surface area contributed by atoms with Crippen LogP contribution < -0.4 is 4.72 Å². The van der Waals surface area contributed by atoms with Crippen molar-refractivity contribution in [2.24, 2.45) is 5.92 Å². The van der Waals surface area contributed by atoms with Gasteiger partial charge >= 0.3 is 0 Å². The van der Waals surface area contributed by atoms with Crippen molar-refractivity contribution < 1.29 is 17.9 Å². The molecule has 28 heavy (non-hydrogen) atoms. The molecule has 1 aromatic rings. The number of aryl methyl sites for hydroxylation is 1. The largest absolute Gasteiger partial charge is 0.342 e. The number of fused-ring (bicyclic) bond motifs is 1. The highest BCUT2D eigenvalue weighted by Crippen LogP contribution is 2.36. The van der Waals surface area contributed by atoms with Crippen LogP contribution in [0.25, 0.3) is 0 Å². The van der Waals surface area contributed by atoms with Gasteiger partial charge in [0.1, 0.15) is 20.3 Å². The molecular formula is C21H29NO4SSi. The van der Waals surface area contributed by atoms with Gasteiger partial charge in [0.2, 0.25) is 10.0 Å². The van der Waals surface area contributed by atoms with E-state index in [1.807, 2.05) is 32.9 Å². The van der Waals surface area contributed by atoms with E-state index >= 15 is 0 Å². The molecule has 7 heteroatoms. The molecule has 0 radical (unpaired) electrons. The molecule has 1 saturated heterocycles. The molecule has 1 aromatic carbocycles. The Bertz CT molecular complexity index is 920. The van der Waals surface area contributed by atoms with Gasteiger partial charge in [0.05, 0.1) is 16.9 Å². The summed E-state index contributed by atoms with van der Waals surface area (Å²) in [4.78, 5) is 0.235. The maximum atomic E-state index is 13.0. The third-order valence-corrected chi connectivity index (χ3v) is 7.02. The first-order chi connectivity index (χ1) is 12.9. The molecule has 2 aliphatic rings. The van der Waals surface area contributed by atoms with Crippen molar-refractivity contribution in [2.45, 2.75) is 69.3 Å². The Labute approximate surface area is 169 Å². The number of benzene rings is 1. The van der Waals surface area contributed by atoms with Gasteiger partial charge < -0.3 is 9.47 Å². The van der Waals surface area contributed by atoms with Crippen LogP contribution in [-0.4, -0.2) is 40.5 Å². The van der Waals surface area contributed by atoms with Crippen molar-refractivity contribution in [3.8, 4) is 11.5 Å². The van der Waals surface area contributed by atoms with Gasteiger partial charge in [-0.05, 0) is 32.9 Å². The van der Waals surface area contributed by atoms with Gasteiger partial charge in [0.25, 0.3) is 0 Å². The number of ether oxygens (including phenoxy) is 2. The van der Waals surface area contributed by atoms with Gasteiger partial charge in [0, 0.05) is 0 Å². The highest BCUT2D eigenvalue weighted by atomic mass is 32.2.